The van der Waals surface area contributed by atoms with Gasteiger partial charge >= 0.3 is 0 Å². The molecule has 0 heterocycles. The van der Waals surface area contributed by atoms with Crippen molar-refractivity contribution in [2.75, 3.05) is 19.8 Å². The van der Waals surface area contributed by atoms with Gasteiger partial charge in [0.05, 0.1) is 11.5 Å². The van der Waals surface area contributed by atoms with E-state index in [2.05, 4.69) is 19.2 Å². The third-order valence-corrected chi connectivity index (χ3v) is 2.38. The van der Waals surface area contributed by atoms with Crippen LogP contribution in [0, 0.1) is 16.0 Å². The SMILES string of the molecule is CC(C)COCCNCc1ccccc1[N+](=O)[O-]. The van der Waals surface area contributed by atoms with Crippen molar-refractivity contribution in [1.82, 2.24) is 5.32 Å². The number of hydrogen-bond acceptors (Lipinski definition) is 4. The average Bonchev–Trinajstić information content (AvgIpc) is 2.33. The van der Waals surface area contributed by atoms with Gasteiger partial charge in [0.1, 0.15) is 0 Å². The molecule has 0 radical (unpaired) electrons. The van der Waals surface area contributed by atoms with E-state index >= 15 is 0 Å². The molecule has 0 fully saturated rings. The van der Waals surface area contributed by atoms with E-state index in [0.29, 0.717) is 31.2 Å². The largest absolute Gasteiger partial charge is 0.380 e. The standard InChI is InChI=1S/C13H20N2O3/c1-11(2)10-18-8-7-14-9-12-5-3-4-6-13(12)15(16)17/h3-6,11,14H,7-10H2,1-2H3. The maximum absolute atomic E-state index is 10.8. The van der Waals surface area contributed by atoms with Crippen LogP contribution in [0.15, 0.2) is 24.3 Å². The van der Waals surface area contributed by atoms with Crippen molar-refractivity contribution in [1.29, 1.82) is 0 Å². The number of benzene rings is 1. The molecule has 1 aromatic rings. The molecule has 5 nitrogen and oxygen atoms in total. The number of nitro benzene ring substituents is 1. The number of hydrogen-bond donors (Lipinski definition) is 1. The molecule has 0 aromatic heterocycles. The average molecular weight is 252 g/mol. The van der Waals surface area contributed by atoms with Crippen LogP contribution in [-0.4, -0.2) is 24.7 Å². The summed E-state index contributed by atoms with van der Waals surface area (Å²) in [6, 6.07) is 6.76. The summed E-state index contributed by atoms with van der Waals surface area (Å²) in [7, 11) is 0. The Kier molecular flexibility index (Phi) is 6.32. The second-order valence-corrected chi connectivity index (χ2v) is 4.53. The zero-order valence-electron chi connectivity index (χ0n) is 10.9. The summed E-state index contributed by atoms with van der Waals surface area (Å²) >= 11 is 0. The molecular weight excluding hydrogens is 232 g/mol. The fourth-order valence-electron chi connectivity index (χ4n) is 1.52. The third kappa shape index (κ3) is 5.25. The molecule has 0 aliphatic rings. The predicted octanol–water partition coefficient (Wildman–Crippen LogP) is 2.36. The van der Waals surface area contributed by atoms with Crippen molar-refractivity contribution < 1.29 is 9.66 Å². The van der Waals surface area contributed by atoms with E-state index in [-0.39, 0.29) is 10.6 Å². The Labute approximate surface area is 107 Å². The van der Waals surface area contributed by atoms with Crippen molar-refractivity contribution in [3.8, 4) is 0 Å². The molecule has 0 bridgehead atoms. The summed E-state index contributed by atoms with van der Waals surface area (Å²) in [5, 5.41) is 13.9. The molecule has 1 N–H and O–H groups in total. The van der Waals surface area contributed by atoms with E-state index in [1.54, 1.807) is 18.2 Å². The first-order valence-corrected chi connectivity index (χ1v) is 6.12. The molecule has 100 valence electrons. The Hall–Kier alpha value is -1.46. The molecule has 1 aromatic carbocycles. The minimum atomic E-state index is -0.355. The van der Waals surface area contributed by atoms with E-state index in [1.165, 1.54) is 6.07 Å². The van der Waals surface area contributed by atoms with E-state index in [1.807, 2.05) is 0 Å². The molecule has 0 aliphatic carbocycles. The highest BCUT2D eigenvalue weighted by molar-refractivity contribution is 5.39. The van der Waals surface area contributed by atoms with Gasteiger partial charge in [-0.2, -0.15) is 0 Å². The highest BCUT2D eigenvalue weighted by Gasteiger charge is 2.10. The van der Waals surface area contributed by atoms with Gasteiger partial charge in [-0.3, -0.25) is 10.1 Å². The van der Waals surface area contributed by atoms with Gasteiger partial charge in [-0.05, 0) is 5.92 Å². The Balaban J connectivity index is 2.29. The van der Waals surface area contributed by atoms with Crippen LogP contribution >= 0.6 is 0 Å². The summed E-state index contributed by atoms with van der Waals surface area (Å²) in [6.45, 7) is 6.74. The predicted molar refractivity (Wildman–Crippen MR) is 70.5 cm³/mol. The number of nitrogens with zero attached hydrogens (tertiary/aromatic N) is 1. The lowest BCUT2D eigenvalue weighted by Gasteiger charge is -2.08. The summed E-state index contributed by atoms with van der Waals surface area (Å²) in [4.78, 5) is 10.4. The molecule has 5 heteroatoms. The van der Waals surface area contributed by atoms with E-state index in [4.69, 9.17) is 4.74 Å². The molecule has 18 heavy (non-hydrogen) atoms. The highest BCUT2D eigenvalue weighted by atomic mass is 16.6. The number of nitrogens with one attached hydrogen (secondary N) is 1. The van der Waals surface area contributed by atoms with Crippen molar-refractivity contribution >= 4 is 5.69 Å². The van der Waals surface area contributed by atoms with Crippen LogP contribution in [0.3, 0.4) is 0 Å². The first kappa shape index (κ1) is 14.6. The second-order valence-electron chi connectivity index (χ2n) is 4.53. The molecule has 0 unspecified atom stereocenters. The molecule has 0 atom stereocenters. The molecule has 1 rings (SSSR count). The normalized spacial score (nSPS) is 10.8. The number of para-hydroxylation sites is 1. The number of nitro groups is 1. The van der Waals surface area contributed by atoms with E-state index in [0.717, 1.165) is 6.61 Å². The van der Waals surface area contributed by atoms with Gasteiger partial charge in [-0.15, -0.1) is 0 Å². The van der Waals surface area contributed by atoms with Gasteiger partial charge in [0.25, 0.3) is 5.69 Å². The molecular formula is C13H20N2O3. The molecule has 0 amide bonds. The van der Waals surface area contributed by atoms with Crippen LogP contribution in [0.5, 0.6) is 0 Å². The van der Waals surface area contributed by atoms with Crippen LogP contribution in [0.4, 0.5) is 5.69 Å². The maximum atomic E-state index is 10.8. The van der Waals surface area contributed by atoms with Crippen molar-refractivity contribution in [2.45, 2.75) is 20.4 Å². The quantitative estimate of drug-likeness (QED) is 0.438. The van der Waals surface area contributed by atoms with Gasteiger partial charge in [0.15, 0.2) is 0 Å². The minimum Gasteiger partial charge on any atom is -0.380 e. The number of ether oxygens (including phenoxy) is 1. The first-order valence-electron chi connectivity index (χ1n) is 6.12. The van der Waals surface area contributed by atoms with E-state index in [9.17, 15) is 10.1 Å². The lowest BCUT2D eigenvalue weighted by atomic mass is 10.2. The first-order chi connectivity index (χ1) is 8.61. The lowest BCUT2D eigenvalue weighted by molar-refractivity contribution is -0.385. The summed E-state index contributed by atoms with van der Waals surface area (Å²) < 4.78 is 5.41. The Morgan fingerprint density at radius 2 is 2.11 bits per heavy atom. The van der Waals surface area contributed by atoms with Crippen LogP contribution in [0.1, 0.15) is 19.4 Å². The van der Waals surface area contributed by atoms with Crippen LogP contribution in [0.2, 0.25) is 0 Å². The fraction of sp³-hybridized carbons (Fsp3) is 0.538. The van der Waals surface area contributed by atoms with Gasteiger partial charge in [-0.25, -0.2) is 0 Å². The zero-order chi connectivity index (χ0) is 13.4. The smallest absolute Gasteiger partial charge is 0.273 e. The van der Waals surface area contributed by atoms with Crippen molar-refractivity contribution in [3.63, 3.8) is 0 Å². The molecule has 0 spiro atoms. The topological polar surface area (TPSA) is 64.4 Å². The maximum Gasteiger partial charge on any atom is 0.273 e. The second kappa shape index (κ2) is 7.79. The summed E-state index contributed by atoms with van der Waals surface area (Å²) in [5.74, 6) is 0.528. The Bertz CT molecular complexity index is 380. The van der Waals surface area contributed by atoms with Gasteiger partial charge in [-0.1, -0.05) is 32.0 Å². The summed E-state index contributed by atoms with van der Waals surface area (Å²) in [6.07, 6.45) is 0. The van der Waals surface area contributed by atoms with Gasteiger partial charge < -0.3 is 10.1 Å². The molecule has 0 saturated carbocycles. The Morgan fingerprint density at radius 3 is 2.78 bits per heavy atom. The van der Waals surface area contributed by atoms with Crippen molar-refractivity contribution in [2.24, 2.45) is 5.92 Å². The fourth-order valence-corrected chi connectivity index (χ4v) is 1.52. The highest BCUT2D eigenvalue weighted by Crippen LogP contribution is 2.16. The monoisotopic (exact) mass is 252 g/mol. The van der Waals surface area contributed by atoms with Crippen molar-refractivity contribution in [3.05, 3.63) is 39.9 Å². The third-order valence-electron chi connectivity index (χ3n) is 2.38. The van der Waals surface area contributed by atoms with Gasteiger partial charge in [0.2, 0.25) is 0 Å². The van der Waals surface area contributed by atoms with E-state index < -0.39 is 0 Å². The molecule has 0 saturated heterocycles. The zero-order valence-corrected chi connectivity index (χ0v) is 10.9. The van der Waals surface area contributed by atoms with Crippen LogP contribution in [-0.2, 0) is 11.3 Å². The number of rotatable bonds is 8. The lowest BCUT2D eigenvalue weighted by Crippen LogP contribution is -2.20. The van der Waals surface area contributed by atoms with Crippen LogP contribution in [0.25, 0.3) is 0 Å². The van der Waals surface area contributed by atoms with Gasteiger partial charge in [0, 0.05) is 31.3 Å². The Morgan fingerprint density at radius 1 is 1.39 bits per heavy atom. The van der Waals surface area contributed by atoms with Crippen LogP contribution < -0.4 is 5.32 Å². The minimum absolute atomic E-state index is 0.160. The summed E-state index contributed by atoms with van der Waals surface area (Å²) in [5.41, 5.74) is 0.861. The molecule has 0 aliphatic heterocycles.